The number of hydrogen-bond acceptors (Lipinski definition) is 2. The fourth-order valence-corrected chi connectivity index (χ4v) is 1.31. The Hall–Kier alpha value is -1.83. The average Bonchev–Trinajstić information content (AvgIpc) is 2.72. The third kappa shape index (κ3) is 1.74. The van der Waals surface area contributed by atoms with Crippen molar-refractivity contribution in [1.82, 2.24) is 4.98 Å². The Morgan fingerprint density at radius 1 is 1.21 bits per heavy atom. The van der Waals surface area contributed by atoms with Crippen LogP contribution < -0.4 is 0 Å². The lowest BCUT2D eigenvalue weighted by Gasteiger charge is -1.96. The molecule has 0 aliphatic carbocycles. The van der Waals surface area contributed by atoms with Gasteiger partial charge in [0.25, 0.3) is 0 Å². The molecule has 2 aromatic rings. The van der Waals surface area contributed by atoms with E-state index in [9.17, 15) is 0 Å². The molecule has 0 bridgehead atoms. The van der Waals surface area contributed by atoms with E-state index in [1.807, 2.05) is 25.1 Å². The molecule has 2 nitrogen and oxygen atoms in total. The van der Waals surface area contributed by atoms with E-state index in [2.05, 4.69) is 23.2 Å². The summed E-state index contributed by atoms with van der Waals surface area (Å²) in [4.78, 5) is 3.88. The first-order chi connectivity index (χ1) is 6.90. The Morgan fingerprint density at radius 3 is 2.57 bits per heavy atom. The number of benzene rings is 1. The Morgan fingerprint density at radius 2 is 2.00 bits per heavy atom. The van der Waals surface area contributed by atoms with Gasteiger partial charge in [-0.05, 0) is 12.5 Å². The number of hydrogen-bond donors (Lipinski definition) is 0. The summed E-state index contributed by atoms with van der Waals surface area (Å²) in [5.74, 6) is 0.803. The van der Waals surface area contributed by atoms with Gasteiger partial charge in [-0.15, -0.1) is 0 Å². The van der Waals surface area contributed by atoms with E-state index in [4.69, 9.17) is 4.42 Å². The molecular formula is C12H11NO. The van der Waals surface area contributed by atoms with Gasteiger partial charge < -0.3 is 4.42 Å². The summed E-state index contributed by atoms with van der Waals surface area (Å²) in [6, 6.07) is 8.15. The standard InChI is InChI=1S/C12H11NO/c1-2-3-10-4-6-11(7-5-10)12-8-13-9-14-12/h2-9H,1H3/b3-2+. The fraction of sp³-hybridized carbons (Fsp3) is 0.0833. The van der Waals surface area contributed by atoms with Gasteiger partial charge >= 0.3 is 0 Å². The summed E-state index contributed by atoms with van der Waals surface area (Å²) in [6.45, 7) is 2.00. The normalized spacial score (nSPS) is 10.9. The highest BCUT2D eigenvalue weighted by Gasteiger charge is 1.99. The van der Waals surface area contributed by atoms with Crippen LogP contribution >= 0.6 is 0 Å². The van der Waals surface area contributed by atoms with Gasteiger partial charge in [0.15, 0.2) is 12.2 Å². The first-order valence-electron chi connectivity index (χ1n) is 4.52. The molecule has 1 aromatic carbocycles. The predicted molar refractivity (Wildman–Crippen MR) is 56.6 cm³/mol. The zero-order valence-corrected chi connectivity index (χ0v) is 7.97. The van der Waals surface area contributed by atoms with Crippen LogP contribution in [0.25, 0.3) is 17.4 Å². The van der Waals surface area contributed by atoms with Crippen LogP contribution in [0.15, 0.2) is 47.3 Å². The minimum Gasteiger partial charge on any atom is -0.444 e. The van der Waals surface area contributed by atoms with E-state index >= 15 is 0 Å². The SMILES string of the molecule is C/C=C/c1ccc(-c2cnco2)cc1. The van der Waals surface area contributed by atoms with Crippen LogP contribution in [0.3, 0.4) is 0 Å². The molecule has 2 rings (SSSR count). The summed E-state index contributed by atoms with van der Waals surface area (Å²) in [5, 5.41) is 0. The van der Waals surface area contributed by atoms with Crippen LogP contribution in [0.2, 0.25) is 0 Å². The van der Waals surface area contributed by atoms with Crippen molar-refractivity contribution in [2.24, 2.45) is 0 Å². The molecule has 0 N–H and O–H groups in total. The average molecular weight is 185 g/mol. The van der Waals surface area contributed by atoms with Gasteiger partial charge in [0, 0.05) is 5.56 Å². The molecule has 70 valence electrons. The van der Waals surface area contributed by atoms with E-state index in [1.54, 1.807) is 6.20 Å². The molecule has 0 aliphatic rings. The largest absolute Gasteiger partial charge is 0.444 e. The van der Waals surface area contributed by atoms with Crippen LogP contribution in [0, 0.1) is 0 Å². The van der Waals surface area contributed by atoms with Gasteiger partial charge in [-0.1, -0.05) is 36.4 Å². The van der Waals surface area contributed by atoms with Crippen molar-refractivity contribution in [3.8, 4) is 11.3 Å². The second kappa shape index (κ2) is 3.92. The lowest BCUT2D eigenvalue weighted by molar-refractivity contribution is 0.572. The molecule has 2 heteroatoms. The molecule has 0 spiro atoms. The van der Waals surface area contributed by atoms with Gasteiger partial charge in [-0.3, -0.25) is 0 Å². The van der Waals surface area contributed by atoms with E-state index in [1.165, 1.54) is 12.0 Å². The van der Waals surface area contributed by atoms with Crippen LogP contribution in [-0.2, 0) is 0 Å². The van der Waals surface area contributed by atoms with Crippen molar-refractivity contribution in [1.29, 1.82) is 0 Å². The van der Waals surface area contributed by atoms with Crippen molar-refractivity contribution in [3.05, 3.63) is 48.5 Å². The summed E-state index contributed by atoms with van der Waals surface area (Å²) in [5.41, 5.74) is 2.24. The summed E-state index contributed by atoms with van der Waals surface area (Å²) in [7, 11) is 0. The topological polar surface area (TPSA) is 26.0 Å². The van der Waals surface area contributed by atoms with Gasteiger partial charge in [0.2, 0.25) is 0 Å². The van der Waals surface area contributed by atoms with E-state index in [0.717, 1.165) is 11.3 Å². The van der Waals surface area contributed by atoms with E-state index in [-0.39, 0.29) is 0 Å². The molecule has 14 heavy (non-hydrogen) atoms. The highest BCUT2D eigenvalue weighted by Crippen LogP contribution is 2.19. The maximum Gasteiger partial charge on any atom is 0.181 e. The maximum absolute atomic E-state index is 5.19. The summed E-state index contributed by atoms with van der Waals surface area (Å²) < 4.78 is 5.19. The fourth-order valence-electron chi connectivity index (χ4n) is 1.31. The minimum absolute atomic E-state index is 0.803. The Balaban J connectivity index is 2.31. The highest BCUT2D eigenvalue weighted by molar-refractivity contribution is 5.60. The van der Waals surface area contributed by atoms with Crippen molar-refractivity contribution >= 4 is 6.08 Å². The summed E-state index contributed by atoms with van der Waals surface area (Å²) in [6.07, 6.45) is 7.23. The van der Waals surface area contributed by atoms with Crippen LogP contribution in [0.5, 0.6) is 0 Å². The third-order valence-electron chi connectivity index (χ3n) is 1.99. The van der Waals surface area contributed by atoms with E-state index in [0.29, 0.717) is 0 Å². The zero-order chi connectivity index (χ0) is 9.80. The first kappa shape index (κ1) is 8.75. The molecule has 1 heterocycles. The molecule has 0 fully saturated rings. The highest BCUT2D eigenvalue weighted by atomic mass is 16.3. The van der Waals surface area contributed by atoms with Gasteiger partial charge in [0.1, 0.15) is 0 Å². The molecule has 0 aliphatic heterocycles. The van der Waals surface area contributed by atoms with Crippen molar-refractivity contribution in [2.45, 2.75) is 6.92 Å². The Kier molecular flexibility index (Phi) is 2.45. The minimum atomic E-state index is 0.803. The predicted octanol–water partition coefficient (Wildman–Crippen LogP) is 3.37. The molecule has 0 amide bonds. The lowest BCUT2D eigenvalue weighted by atomic mass is 10.1. The van der Waals surface area contributed by atoms with Gasteiger partial charge in [0.05, 0.1) is 6.20 Å². The quantitative estimate of drug-likeness (QED) is 0.716. The number of nitrogens with zero attached hydrogens (tertiary/aromatic N) is 1. The van der Waals surface area contributed by atoms with Crippen LogP contribution in [0.4, 0.5) is 0 Å². The summed E-state index contributed by atoms with van der Waals surface area (Å²) >= 11 is 0. The molecule has 0 atom stereocenters. The number of allylic oxidation sites excluding steroid dienone is 1. The third-order valence-corrected chi connectivity index (χ3v) is 1.99. The smallest absolute Gasteiger partial charge is 0.181 e. The van der Waals surface area contributed by atoms with Crippen molar-refractivity contribution in [2.75, 3.05) is 0 Å². The van der Waals surface area contributed by atoms with Crippen LogP contribution in [-0.4, -0.2) is 4.98 Å². The van der Waals surface area contributed by atoms with Crippen molar-refractivity contribution in [3.63, 3.8) is 0 Å². The molecule has 1 aromatic heterocycles. The zero-order valence-electron chi connectivity index (χ0n) is 7.97. The molecular weight excluding hydrogens is 174 g/mol. The number of oxazole rings is 1. The monoisotopic (exact) mass is 185 g/mol. The number of rotatable bonds is 2. The Labute approximate surface area is 82.9 Å². The molecule has 0 unspecified atom stereocenters. The lowest BCUT2D eigenvalue weighted by Crippen LogP contribution is -1.75. The van der Waals surface area contributed by atoms with Crippen molar-refractivity contribution < 1.29 is 4.42 Å². The Bertz CT molecular complexity index is 412. The maximum atomic E-state index is 5.19. The van der Waals surface area contributed by atoms with Crippen LogP contribution in [0.1, 0.15) is 12.5 Å². The van der Waals surface area contributed by atoms with E-state index < -0.39 is 0 Å². The van der Waals surface area contributed by atoms with Gasteiger partial charge in [-0.25, -0.2) is 4.98 Å². The first-order valence-corrected chi connectivity index (χ1v) is 4.52. The second-order valence-corrected chi connectivity index (χ2v) is 2.99. The van der Waals surface area contributed by atoms with Gasteiger partial charge in [-0.2, -0.15) is 0 Å². The number of aromatic nitrogens is 1. The molecule has 0 saturated carbocycles. The second-order valence-electron chi connectivity index (χ2n) is 2.99. The molecule has 0 radical (unpaired) electrons. The molecule has 0 saturated heterocycles.